The van der Waals surface area contributed by atoms with Gasteiger partial charge in [0.15, 0.2) is 12.2 Å². The second-order valence-electron chi connectivity index (χ2n) is 5.65. The highest BCUT2D eigenvalue weighted by molar-refractivity contribution is 5.91. The van der Waals surface area contributed by atoms with Crippen molar-refractivity contribution in [1.82, 2.24) is 0 Å². The van der Waals surface area contributed by atoms with Gasteiger partial charge in [-0.2, -0.15) is 10.5 Å². The van der Waals surface area contributed by atoms with Gasteiger partial charge in [0.1, 0.15) is 18.6 Å². The van der Waals surface area contributed by atoms with E-state index in [9.17, 15) is 9.59 Å². The topological polar surface area (TPSA) is 100 Å². The van der Waals surface area contributed by atoms with Crippen LogP contribution in [-0.2, 0) is 19.1 Å². The summed E-state index contributed by atoms with van der Waals surface area (Å²) in [7, 11) is 0. The van der Waals surface area contributed by atoms with Crippen molar-refractivity contribution < 1.29 is 19.1 Å². The third-order valence-corrected chi connectivity index (χ3v) is 2.50. The first-order chi connectivity index (χ1) is 9.78. The number of rotatable bonds is 8. The van der Waals surface area contributed by atoms with Crippen LogP contribution in [0.5, 0.6) is 0 Å². The Morgan fingerprint density at radius 3 is 1.43 bits per heavy atom. The summed E-state index contributed by atoms with van der Waals surface area (Å²) >= 11 is 0. The van der Waals surface area contributed by atoms with Crippen molar-refractivity contribution in [3.05, 3.63) is 0 Å². The summed E-state index contributed by atoms with van der Waals surface area (Å²) < 4.78 is 9.79. The van der Waals surface area contributed by atoms with Gasteiger partial charge in [-0.15, -0.1) is 0 Å². The molecule has 0 aromatic heterocycles. The number of hydrogen-bond acceptors (Lipinski definition) is 6. The Hall–Kier alpha value is -2.08. The van der Waals surface area contributed by atoms with Crippen molar-refractivity contribution in [3.8, 4) is 12.1 Å². The van der Waals surface area contributed by atoms with Crippen LogP contribution in [-0.4, -0.2) is 24.1 Å². The number of carbonyl (C=O) groups is 2. The standard InChI is InChI=1S/C15H22N2O4/c1-10(2)5-12(8-16)20-14(18)7-15(19)21-13(9-17)6-11(3)4/h10-13H,5-7H2,1-4H3. The maximum atomic E-state index is 11.5. The minimum atomic E-state index is -0.868. The Labute approximate surface area is 125 Å². The van der Waals surface area contributed by atoms with Crippen LogP contribution < -0.4 is 0 Å². The first-order valence-electron chi connectivity index (χ1n) is 6.96. The zero-order valence-electron chi connectivity index (χ0n) is 13.0. The van der Waals surface area contributed by atoms with Gasteiger partial charge in [0.25, 0.3) is 0 Å². The molecule has 0 N–H and O–H groups in total. The van der Waals surface area contributed by atoms with Crippen LogP contribution in [0.25, 0.3) is 0 Å². The zero-order valence-corrected chi connectivity index (χ0v) is 13.0. The lowest BCUT2D eigenvalue weighted by Gasteiger charge is -2.14. The van der Waals surface area contributed by atoms with E-state index < -0.39 is 30.6 Å². The minimum absolute atomic E-state index is 0.198. The molecular formula is C15H22N2O4. The summed E-state index contributed by atoms with van der Waals surface area (Å²) in [5, 5.41) is 17.7. The molecule has 0 aliphatic rings. The molecule has 0 amide bonds. The molecule has 0 aliphatic carbocycles. The van der Waals surface area contributed by atoms with Gasteiger partial charge in [-0.1, -0.05) is 27.7 Å². The molecule has 116 valence electrons. The molecule has 0 fully saturated rings. The summed E-state index contributed by atoms with van der Waals surface area (Å²) in [4.78, 5) is 23.1. The third kappa shape index (κ3) is 9.45. The summed E-state index contributed by atoms with van der Waals surface area (Å²) in [6, 6.07) is 3.74. The molecule has 0 bridgehead atoms. The summed E-state index contributed by atoms with van der Waals surface area (Å²) in [5.74, 6) is -1.23. The van der Waals surface area contributed by atoms with Gasteiger partial charge in [-0.3, -0.25) is 9.59 Å². The first-order valence-corrected chi connectivity index (χ1v) is 6.96. The molecule has 0 saturated heterocycles. The third-order valence-electron chi connectivity index (χ3n) is 2.50. The average Bonchev–Trinajstić information content (AvgIpc) is 2.35. The molecule has 0 aliphatic heterocycles. The molecule has 21 heavy (non-hydrogen) atoms. The maximum absolute atomic E-state index is 11.5. The van der Waals surface area contributed by atoms with Crippen LogP contribution in [0, 0.1) is 34.5 Å². The van der Waals surface area contributed by atoms with Crippen LogP contribution in [0.15, 0.2) is 0 Å². The van der Waals surface area contributed by atoms with E-state index in [4.69, 9.17) is 20.0 Å². The minimum Gasteiger partial charge on any atom is -0.446 e. The van der Waals surface area contributed by atoms with Crippen molar-refractivity contribution in [2.24, 2.45) is 11.8 Å². The first kappa shape index (κ1) is 18.9. The van der Waals surface area contributed by atoms with Crippen LogP contribution >= 0.6 is 0 Å². The number of esters is 2. The van der Waals surface area contributed by atoms with Gasteiger partial charge in [-0.25, -0.2) is 0 Å². The number of nitrogens with zero attached hydrogens (tertiary/aromatic N) is 2. The predicted molar refractivity (Wildman–Crippen MR) is 74.5 cm³/mol. The van der Waals surface area contributed by atoms with Crippen LogP contribution in [0.2, 0.25) is 0 Å². The van der Waals surface area contributed by atoms with Gasteiger partial charge in [0.2, 0.25) is 0 Å². The van der Waals surface area contributed by atoms with E-state index in [0.717, 1.165) is 0 Å². The van der Waals surface area contributed by atoms with Gasteiger partial charge in [0, 0.05) is 12.8 Å². The molecule has 6 heteroatoms. The summed E-state index contributed by atoms with van der Waals surface area (Å²) in [5.41, 5.74) is 0. The van der Waals surface area contributed by atoms with E-state index in [1.807, 2.05) is 39.8 Å². The fourth-order valence-corrected chi connectivity index (χ4v) is 1.63. The van der Waals surface area contributed by atoms with E-state index >= 15 is 0 Å². The SMILES string of the molecule is CC(C)CC(C#N)OC(=O)CC(=O)OC(C#N)CC(C)C. The normalized spacial score (nSPS) is 13.1. The van der Waals surface area contributed by atoms with Crippen LogP contribution in [0.4, 0.5) is 0 Å². The van der Waals surface area contributed by atoms with Gasteiger partial charge < -0.3 is 9.47 Å². The van der Waals surface area contributed by atoms with Gasteiger partial charge >= 0.3 is 11.9 Å². The smallest absolute Gasteiger partial charge is 0.318 e. The maximum Gasteiger partial charge on any atom is 0.318 e. The quantitative estimate of drug-likeness (QED) is 0.503. The second kappa shape index (κ2) is 9.77. The van der Waals surface area contributed by atoms with Crippen LogP contribution in [0.3, 0.4) is 0 Å². The van der Waals surface area contributed by atoms with Crippen molar-refractivity contribution in [1.29, 1.82) is 10.5 Å². The van der Waals surface area contributed by atoms with E-state index in [1.165, 1.54) is 0 Å². The van der Waals surface area contributed by atoms with Crippen LogP contribution in [0.1, 0.15) is 47.0 Å². The Morgan fingerprint density at radius 2 is 1.19 bits per heavy atom. The van der Waals surface area contributed by atoms with E-state index in [2.05, 4.69) is 0 Å². The van der Waals surface area contributed by atoms with E-state index in [0.29, 0.717) is 12.8 Å². The lowest BCUT2D eigenvalue weighted by molar-refractivity contribution is -0.158. The van der Waals surface area contributed by atoms with Crippen molar-refractivity contribution in [2.75, 3.05) is 0 Å². The van der Waals surface area contributed by atoms with Crippen molar-refractivity contribution in [3.63, 3.8) is 0 Å². The zero-order chi connectivity index (χ0) is 16.4. The fraction of sp³-hybridized carbons (Fsp3) is 0.733. The summed E-state index contributed by atoms with van der Waals surface area (Å²) in [6.45, 7) is 7.59. The lowest BCUT2D eigenvalue weighted by atomic mass is 10.1. The molecule has 0 rings (SSSR count). The highest BCUT2D eigenvalue weighted by Crippen LogP contribution is 2.11. The monoisotopic (exact) mass is 294 g/mol. The van der Waals surface area contributed by atoms with Crippen molar-refractivity contribution in [2.45, 2.75) is 59.2 Å². The van der Waals surface area contributed by atoms with Crippen molar-refractivity contribution >= 4 is 11.9 Å². The highest BCUT2D eigenvalue weighted by atomic mass is 16.6. The molecule has 0 radical (unpaired) electrons. The number of carbonyl (C=O) groups excluding carboxylic acids is 2. The Kier molecular flexibility index (Phi) is 8.80. The Balaban J connectivity index is 4.29. The molecule has 0 aromatic carbocycles. The van der Waals surface area contributed by atoms with E-state index in [-0.39, 0.29) is 11.8 Å². The second-order valence-corrected chi connectivity index (χ2v) is 5.65. The molecule has 0 aromatic rings. The summed E-state index contributed by atoms with van der Waals surface area (Å²) in [6.07, 6.45) is -1.51. The molecule has 2 atom stereocenters. The highest BCUT2D eigenvalue weighted by Gasteiger charge is 2.21. The number of ether oxygens (including phenoxy) is 2. The number of hydrogen-bond donors (Lipinski definition) is 0. The average molecular weight is 294 g/mol. The number of nitriles is 2. The molecular weight excluding hydrogens is 272 g/mol. The largest absolute Gasteiger partial charge is 0.446 e. The lowest BCUT2D eigenvalue weighted by Crippen LogP contribution is -2.24. The molecule has 0 spiro atoms. The Morgan fingerprint density at radius 1 is 0.857 bits per heavy atom. The molecule has 0 heterocycles. The van der Waals surface area contributed by atoms with Gasteiger partial charge in [0.05, 0.1) is 0 Å². The predicted octanol–water partition coefficient (Wildman–Crippen LogP) is 2.34. The van der Waals surface area contributed by atoms with Gasteiger partial charge in [-0.05, 0) is 11.8 Å². The Bertz CT molecular complexity index is 392. The molecule has 6 nitrogen and oxygen atoms in total. The molecule has 2 unspecified atom stereocenters. The fourth-order valence-electron chi connectivity index (χ4n) is 1.63. The molecule has 0 saturated carbocycles. The van der Waals surface area contributed by atoms with E-state index in [1.54, 1.807) is 0 Å².